The highest BCUT2D eigenvalue weighted by molar-refractivity contribution is 5.94. The molecule has 106 valence electrons. The maximum absolute atomic E-state index is 12.5. The van der Waals surface area contributed by atoms with Crippen LogP contribution in [-0.4, -0.2) is 35.0 Å². The number of rotatable bonds is 3. The molecule has 1 unspecified atom stereocenters. The lowest BCUT2D eigenvalue weighted by atomic mass is 10.0. The molecule has 3 rings (SSSR count). The van der Waals surface area contributed by atoms with Crippen molar-refractivity contribution in [1.29, 1.82) is 0 Å². The molecule has 1 saturated heterocycles. The van der Waals surface area contributed by atoms with Gasteiger partial charge in [-0.25, -0.2) is 0 Å². The van der Waals surface area contributed by atoms with Crippen LogP contribution in [0.25, 0.3) is 0 Å². The van der Waals surface area contributed by atoms with Crippen molar-refractivity contribution >= 4 is 11.9 Å². The number of carboxylic acids is 1. The lowest BCUT2D eigenvalue weighted by Crippen LogP contribution is -2.29. The highest BCUT2D eigenvalue weighted by Gasteiger charge is 2.28. The summed E-state index contributed by atoms with van der Waals surface area (Å²) in [4.78, 5) is 25.0. The summed E-state index contributed by atoms with van der Waals surface area (Å²) < 4.78 is 0. The fourth-order valence-electron chi connectivity index (χ4n) is 3.32. The van der Waals surface area contributed by atoms with Gasteiger partial charge in [-0.1, -0.05) is 6.07 Å². The topological polar surface area (TPSA) is 57.6 Å². The van der Waals surface area contributed by atoms with E-state index in [1.165, 1.54) is 17.5 Å². The van der Waals surface area contributed by atoms with Gasteiger partial charge in [0.05, 0.1) is 0 Å². The number of aliphatic carboxylic acids is 1. The summed E-state index contributed by atoms with van der Waals surface area (Å²) in [5.74, 6) is -0.625. The van der Waals surface area contributed by atoms with Gasteiger partial charge in [-0.2, -0.15) is 0 Å². The summed E-state index contributed by atoms with van der Waals surface area (Å²) in [7, 11) is 0. The predicted molar refractivity (Wildman–Crippen MR) is 74.7 cm³/mol. The minimum atomic E-state index is -0.776. The molecule has 1 amide bonds. The van der Waals surface area contributed by atoms with Gasteiger partial charge in [0.1, 0.15) is 0 Å². The van der Waals surface area contributed by atoms with Gasteiger partial charge in [0, 0.05) is 25.1 Å². The number of amides is 1. The quantitative estimate of drug-likeness (QED) is 0.917. The molecular formula is C16H19NO3. The van der Waals surface area contributed by atoms with E-state index >= 15 is 0 Å². The molecule has 2 aliphatic rings. The number of carbonyl (C=O) groups is 2. The Labute approximate surface area is 118 Å². The summed E-state index contributed by atoms with van der Waals surface area (Å²) in [6.07, 6.45) is 4.32. The Bertz CT molecular complexity index is 553. The molecule has 0 radical (unpaired) electrons. The van der Waals surface area contributed by atoms with E-state index in [1.807, 2.05) is 12.1 Å². The molecule has 1 aromatic rings. The van der Waals surface area contributed by atoms with Crippen LogP contribution in [0.15, 0.2) is 18.2 Å². The zero-order valence-corrected chi connectivity index (χ0v) is 11.5. The van der Waals surface area contributed by atoms with Crippen molar-refractivity contribution in [1.82, 2.24) is 4.90 Å². The van der Waals surface area contributed by atoms with Crippen LogP contribution in [0.3, 0.4) is 0 Å². The molecule has 1 aliphatic carbocycles. The van der Waals surface area contributed by atoms with E-state index in [1.54, 1.807) is 4.90 Å². The Hall–Kier alpha value is -1.84. The highest BCUT2D eigenvalue weighted by Crippen LogP contribution is 2.25. The fourth-order valence-corrected chi connectivity index (χ4v) is 3.32. The second-order valence-corrected chi connectivity index (χ2v) is 5.84. The third-order valence-electron chi connectivity index (χ3n) is 4.38. The second-order valence-electron chi connectivity index (χ2n) is 5.84. The molecule has 0 bridgehead atoms. The van der Waals surface area contributed by atoms with Crippen LogP contribution < -0.4 is 0 Å². The SMILES string of the molecule is O=C(O)CC1CCN(C(=O)c2ccc3c(c2)CCC3)C1. The highest BCUT2D eigenvalue weighted by atomic mass is 16.4. The molecule has 20 heavy (non-hydrogen) atoms. The van der Waals surface area contributed by atoms with Gasteiger partial charge in [-0.3, -0.25) is 9.59 Å². The molecule has 0 aromatic heterocycles. The summed E-state index contributed by atoms with van der Waals surface area (Å²) in [6, 6.07) is 6.01. The van der Waals surface area contributed by atoms with Crippen molar-refractivity contribution in [2.45, 2.75) is 32.1 Å². The van der Waals surface area contributed by atoms with Gasteiger partial charge >= 0.3 is 5.97 Å². The average molecular weight is 273 g/mol. The zero-order valence-electron chi connectivity index (χ0n) is 11.5. The van der Waals surface area contributed by atoms with Crippen LogP contribution in [0.5, 0.6) is 0 Å². The number of nitrogens with zero attached hydrogens (tertiary/aromatic N) is 1. The molecule has 1 fully saturated rings. The maximum atomic E-state index is 12.5. The lowest BCUT2D eigenvalue weighted by molar-refractivity contribution is -0.138. The molecule has 4 heteroatoms. The Morgan fingerprint density at radius 3 is 2.85 bits per heavy atom. The summed E-state index contributed by atoms with van der Waals surface area (Å²) in [5, 5.41) is 8.82. The Balaban J connectivity index is 1.69. The van der Waals surface area contributed by atoms with Crippen molar-refractivity contribution < 1.29 is 14.7 Å². The first-order valence-electron chi connectivity index (χ1n) is 7.26. The first kappa shape index (κ1) is 13.2. The first-order valence-corrected chi connectivity index (χ1v) is 7.26. The zero-order chi connectivity index (χ0) is 14.1. The first-order chi connectivity index (χ1) is 9.63. The summed E-state index contributed by atoms with van der Waals surface area (Å²) in [6.45, 7) is 1.25. The van der Waals surface area contributed by atoms with Crippen LogP contribution in [0.2, 0.25) is 0 Å². The number of carbonyl (C=O) groups excluding carboxylic acids is 1. The van der Waals surface area contributed by atoms with Crippen molar-refractivity contribution in [3.63, 3.8) is 0 Å². The average Bonchev–Trinajstić information content (AvgIpc) is 3.04. The maximum Gasteiger partial charge on any atom is 0.303 e. The number of aryl methyl sites for hydroxylation is 2. The normalized spacial score (nSPS) is 21.0. The van der Waals surface area contributed by atoms with E-state index in [-0.39, 0.29) is 18.2 Å². The minimum absolute atomic E-state index is 0.0487. The van der Waals surface area contributed by atoms with E-state index in [2.05, 4.69) is 6.07 Å². The van der Waals surface area contributed by atoms with Gasteiger partial charge in [-0.05, 0) is 54.9 Å². The van der Waals surface area contributed by atoms with E-state index in [0.29, 0.717) is 13.1 Å². The summed E-state index contributed by atoms with van der Waals surface area (Å²) in [5.41, 5.74) is 3.42. The van der Waals surface area contributed by atoms with E-state index in [0.717, 1.165) is 24.8 Å². The number of carboxylic acid groups (broad SMARTS) is 1. The van der Waals surface area contributed by atoms with Crippen LogP contribution in [0, 0.1) is 5.92 Å². The Morgan fingerprint density at radius 2 is 2.05 bits per heavy atom. The van der Waals surface area contributed by atoms with Crippen LogP contribution in [-0.2, 0) is 17.6 Å². The third kappa shape index (κ3) is 2.55. The van der Waals surface area contributed by atoms with Crippen molar-refractivity contribution in [2.75, 3.05) is 13.1 Å². The van der Waals surface area contributed by atoms with E-state index in [4.69, 9.17) is 5.11 Å². The fraction of sp³-hybridized carbons (Fsp3) is 0.500. The second kappa shape index (κ2) is 5.27. The van der Waals surface area contributed by atoms with E-state index in [9.17, 15) is 9.59 Å². The van der Waals surface area contributed by atoms with E-state index < -0.39 is 5.97 Å². The predicted octanol–water partition coefficient (Wildman–Crippen LogP) is 2.11. The van der Waals surface area contributed by atoms with Gasteiger partial charge in [-0.15, -0.1) is 0 Å². The standard InChI is InChI=1S/C16H19NO3/c18-15(19)8-11-6-7-17(10-11)16(20)14-5-4-12-2-1-3-13(12)9-14/h4-5,9,11H,1-3,6-8,10H2,(H,18,19). The van der Waals surface area contributed by atoms with Crippen LogP contribution in [0.4, 0.5) is 0 Å². The third-order valence-corrected chi connectivity index (χ3v) is 4.38. The molecule has 1 aliphatic heterocycles. The Morgan fingerprint density at radius 1 is 1.25 bits per heavy atom. The number of benzene rings is 1. The minimum Gasteiger partial charge on any atom is -0.481 e. The number of hydrogen-bond acceptors (Lipinski definition) is 2. The molecule has 1 aromatic carbocycles. The molecule has 1 N–H and O–H groups in total. The largest absolute Gasteiger partial charge is 0.481 e. The van der Waals surface area contributed by atoms with Gasteiger partial charge in [0.15, 0.2) is 0 Å². The summed E-state index contributed by atoms with van der Waals surface area (Å²) >= 11 is 0. The molecule has 0 spiro atoms. The van der Waals surface area contributed by atoms with Crippen LogP contribution in [0.1, 0.15) is 40.7 Å². The van der Waals surface area contributed by atoms with Crippen molar-refractivity contribution in [3.8, 4) is 0 Å². The smallest absolute Gasteiger partial charge is 0.303 e. The molecule has 4 nitrogen and oxygen atoms in total. The molecular weight excluding hydrogens is 254 g/mol. The van der Waals surface area contributed by atoms with Gasteiger partial charge in [0.25, 0.3) is 5.91 Å². The molecule has 1 heterocycles. The monoisotopic (exact) mass is 273 g/mol. The van der Waals surface area contributed by atoms with Crippen molar-refractivity contribution in [3.05, 3.63) is 34.9 Å². The Kier molecular flexibility index (Phi) is 3.47. The van der Waals surface area contributed by atoms with Gasteiger partial charge in [0.2, 0.25) is 0 Å². The molecule has 1 atom stereocenters. The van der Waals surface area contributed by atoms with Gasteiger partial charge < -0.3 is 10.0 Å². The number of fused-ring (bicyclic) bond motifs is 1. The van der Waals surface area contributed by atoms with Crippen molar-refractivity contribution in [2.24, 2.45) is 5.92 Å². The number of likely N-dealkylation sites (tertiary alicyclic amines) is 1. The number of hydrogen-bond donors (Lipinski definition) is 1. The lowest BCUT2D eigenvalue weighted by Gasteiger charge is -2.17. The van der Waals surface area contributed by atoms with Crippen LogP contribution >= 0.6 is 0 Å². The molecule has 0 saturated carbocycles.